The number of carbonyl (C=O) groups excluding carboxylic acids is 1. The predicted molar refractivity (Wildman–Crippen MR) is 74.7 cm³/mol. The first-order chi connectivity index (χ1) is 8.58. The molecule has 0 saturated heterocycles. The van der Waals surface area contributed by atoms with Crippen molar-refractivity contribution >= 4 is 37.8 Å². The van der Waals surface area contributed by atoms with Gasteiger partial charge in [0.1, 0.15) is 11.5 Å². The molecule has 92 valence electrons. The number of halogens is 2. The quantitative estimate of drug-likeness (QED) is 0.897. The summed E-state index contributed by atoms with van der Waals surface area (Å²) < 4.78 is 6.99. The maximum absolute atomic E-state index is 11.4. The van der Waals surface area contributed by atoms with Gasteiger partial charge in [0, 0.05) is 15.1 Å². The average Bonchev–Trinajstić information content (AvgIpc) is 2.28. The second-order valence-electron chi connectivity index (χ2n) is 3.42. The number of carbonyl (C=O) groups is 1. The largest absolute Gasteiger partial charge is 0.455 e. The van der Waals surface area contributed by atoms with Crippen molar-refractivity contribution in [1.29, 1.82) is 0 Å². The van der Waals surface area contributed by atoms with E-state index in [9.17, 15) is 4.79 Å². The minimum absolute atomic E-state index is 0.303. The van der Waals surface area contributed by atoms with Crippen molar-refractivity contribution < 1.29 is 9.53 Å². The van der Waals surface area contributed by atoms with E-state index in [1.165, 1.54) is 0 Å². The number of primary amides is 1. The average molecular weight is 372 g/mol. The summed E-state index contributed by atoms with van der Waals surface area (Å²) in [4.78, 5) is 15.4. The summed E-state index contributed by atoms with van der Waals surface area (Å²) in [7, 11) is 0. The highest BCUT2D eigenvalue weighted by Crippen LogP contribution is 2.30. The van der Waals surface area contributed by atoms with E-state index in [-0.39, 0.29) is 0 Å². The van der Waals surface area contributed by atoms with Crippen LogP contribution in [0.15, 0.2) is 45.6 Å². The molecule has 0 bridgehead atoms. The van der Waals surface area contributed by atoms with Crippen molar-refractivity contribution in [1.82, 2.24) is 4.98 Å². The van der Waals surface area contributed by atoms with Gasteiger partial charge in [-0.3, -0.25) is 9.78 Å². The minimum Gasteiger partial charge on any atom is -0.455 e. The number of hydrogen-bond donors (Lipinski definition) is 1. The lowest BCUT2D eigenvalue weighted by atomic mass is 10.2. The molecule has 18 heavy (non-hydrogen) atoms. The first-order valence-electron chi connectivity index (χ1n) is 4.94. The minimum atomic E-state index is -0.555. The van der Waals surface area contributed by atoms with Crippen molar-refractivity contribution in [3.8, 4) is 11.5 Å². The number of benzene rings is 1. The highest BCUT2D eigenvalue weighted by atomic mass is 79.9. The van der Waals surface area contributed by atoms with Crippen molar-refractivity contribution in [3.05, 3.63) is 51.2 Å². The van der Waals surface area contributed by atoms with Crippen molar-refractivity contribution in [2.45, 2.75) is 0 Å². The van der Waals surface area contributed by atoms with Crippen LogP contribution in [-0.4, -0.2) is 10.9 Å². The van der Waals surface area contributed by atoms with Gasteiger partial charge in [-0.15, -0.1) is 0 Å². The Morgan fingerprint density at radius 1 is 1.28 bits per heavy atom. The fourth-order valence-corrected chi connectivity index (χ4v) is 2.29. The van der Waals surface area contributed by atoms with Gasteiger partial charge in [0.05, 0.1) is 11.8 Å². The van der Waals surface area contributed by atoms with E-state index in [1.807, 2.05) is 0 Å². The van der Waals surface area contributed by atoms with E-state index in [1.54, 1.807) is 36.7 Å². The molecule has 2 rings (SSSR count). The fourth-order valence-electron chi connectivity index (χ4n) is 1.40. The number of aromatic nitrogens is 1. The molecular weight excluding hydrogens is 364 g/mol. The normalized spacial score (nSPS) is 10.1. The maximum atomic E-state index is 11.4. The van der Waals surface area contributed by atoms with Crippen LogP contribution >= 0.6 is 31.9 Å². The zero-order valence-electron chi connectivity index (χ0n) is 9.06. The number of nitrogens with two attached hydrogens (primary N) is 1. The van der Waals surface area contributed by atoms with Crippen LogP contribution in [0.5, 0.6) is 11.5 Å². The molecule has 4 nitrogen and oxygen atoms in total. The third-order valence-corrected chi connectivity index (χ3v) is 3.22. The Morgan fingerprint density at radius 2 is 2.06 bits per heavy atom. The van der Waals surface area contributed by atoms with Gasteiger partial charge in [-0.1, -0.05) is 6.07 Å². The molecule has 0 aliphatic rings. The molecule has 6 heteroatoms. The zero-order chi connectivity index (χ0) is 13.1. The van der Waals surface area contributed by atoms with Gasteiger partial charge in [0.25, 0.3) is 5.91 Å². The molecule has 0 unspecified atom stereocenters. The van der Waals surface area contributed by atoms with Crippen LogP contribution < -0.4 is 10.5 Å². The van der Waals surface area contributed by atoms with Crippen molar-refractivity contribution in [3.63, 3.8) is 0 Å². The Morgan fingerprint density at radius 3 is 2.72 bits per heavy atom. The summed E-state index contributed by atoms with van der Waals surface area (Å²) in [5, 5.41) is 0. The number of nitrogens with zero attached hydrogens (tertiary/aromatic N) is 1. The summed E-state index contributed by atoms with van der Waals surface area (Å²) in [6.07, 6.45) is 3.19. The molecule has 2 N–H and O–H groups in total. The van der Waals surface area contributed by atoms with Crippen LogP contribution in [0, 0.1) is 0 Å². The molecule has 1 aromatic heterocycles. The van der Waals surface area contributed by atoms with Gasteiger partial charge >= 0.3 is 0 Å². The summed E-state index contributed by atoms with van der Waals surface area (Å²) in [6.45, 7) is 0. The number of ether oxygens (including phenoxy) is 1. The zero-order valence-corrected chi connectivity index (χ0v) is 12.2. The summed E-state index contributed by atoms with van der Waals surface area (Å²) in [5.74, 6) is 0.349. The molecule has 1 amide bonds. The Bertz CT molecular complexity index is 602. The Labute approximate surface area is 120 Å². The van der Waals surface area contributed by atoms with Crippen molar-refractivity contribution in [2.75, 3.05) is 0 Å². The van der Waals surface area contributed by atoms with E-state index in [0.29, 0.717) is 21.5 Å². The van der Waals surface area contributed by atoms with Gasteiger partial charge in [-0.05, 0) is 50.1 Å². The van der Waals surface area contributed by atoms with E-state index in [2.05, 4.69) is 36.8 Å². The van der Waals surface area contributed by atoms with Crippen LogP contribution in [0.4, 0.5) is 0 Å². The second kappa shape index (κ2) is 5.49. The third kappa shape index (κ3) is 2.88. The number of pyridine rings is 1. The molecule has 0 aliphatic carbocycles. The Balaban J connectivity index is 2.40. The highest BCUT2D eigenvalue weighted by Gasteiger charge is 2.14. The monoisotopic (exact) mass is 370 g/mol. The molecule has 0 radical (unpaired) electrons. The first kappa shape index (κ1) is 13.0. The topological polar surface area (TPSA) is 65.2 Å². The van der Waals surface area contributed by atoms with Crippen molar-refractivity contribution in [2.24, 2.45) is 5.73 Å². The number of hydrogen-bond acceptors (Lipinski definition) is 3. The lowest BCUT2D eigenvalue weighted by molar-refractivity contribution is 0.0997. The molecule has 0 spiro atoms. The fraction of sp³-hybridized carbons (Fsp3) is 0. The number of amides is 1. The SMILES string of the molecule is NC(=O)c1c(Br)cccc1Oc1cncc(Br)c1. The summed E-state index contributed by atoms with van der Waals surface area (Å²) in [6, 6.07) is 6.91. The predicted octanol–water partition coefficient (Wildman–Crippen LogP) is 3.50. The van der Waals surface area contributed by atoms with Crippen LogP contribution in [0.1, 0.15) is 10.4 Å². The van der Waals surface area contributed by atoms with Gasteiger partial charge in [-0.25, -0.2) is 0 Å². The lowest BCUT2D eigenvalue weighted by Gasteiger charge is -2.10. The molecule has 2 aromatic rings. The molecule has 1 aromatic carbocycles. The van der Waals surface area contributed by atoms with Gasteiger partial charge in [0.15, 0.2) is 0 Å². The van der Waals surface area contributed by atoms with E-state index in [4.69, 9.17) is 10.5 Å². The Hall–Kier alpha value is -1.40. The Kier molecular flexibility index (Phi) is 3.98. The standard InChI is InChI=1S/C12H8Br2N2O2/c13-7-4-8(6-16-5-7)18-10-3-1-2-9(14)11(10)12(15)17/h1-6H,(H2,15,17). The summed E-state index contributed by atoms with van der Waals surface area (Å²) in [5.41, 5.74) is 5.63. The molecule has 0 atom stereocenters. The maximum Gasteiger partial charge on any atom is 0.253 e. The first-order valence-corrected chi connectivity index (χ1v) is 6.53. The number of rotatable bonds is 3. The third-order valence-electron chi connectivity index (χ3n) is 2.13. The van der Waals surface area contributed by atoms with Gasteiger partial charge in [0.2, 0.25) is 0 Å². The molecule has 0 aliphatic heterocycles. The van der Waals surface area contributed by atoms with E-state index < -0.39 is 5.91 Å². The van der Waals surface area contributed by atoms with Crippen LogP contribution in [0.25, 0.3) is 0 Å². The van der Waals surface area contributed by atoms with E-state index >= 15 is 0 Å². The van der Waals surface area contributed by atoms with Gasteiger partial charge < -0.3 is 10.5 Å². The van der Waals surface area contributed by atoms with Crippen LogP contribution in [-0.2, 0) is 0 Å². The lowest BCUT2D eigenvalue weighted by Crippen LogP contribution is -2.13. The summed E-state index contributed by atoms with van der Waals surface area (Å²) >= 11 is 6.56. The molecule has 1 heterocycles. The second-order valence-corrected chi connectivity index (χ2v) is 5.19. The van der Waals surface area contributed by atoms with Gasteiger partial charge in [-0.2, -0.15) is 0 Å². The molecule has 0 saturated carbocycles. The smallest absolute Gasteiger partial charge is 0.253 e. The molecule has 0 fully saturated rings. The molecular formula is C12H8Br2N2O2. The van der Waals surface area contributed by atoms with Crippen LogP contribution in [0.3, 0.4) is 0 Å². The highest BCUT2D eigenvalue weighted by molar-refractivity contribution is 9.10. The van der Waals surface area contributed by atoms with E-state index in [0.717, 1.165) is 4.47 Å². The van der Waals surface area contributed by atoms with Crippen LogP contribution in [0.2, 0.25) is 0 Å².